The number of piperazine rings is 1. The number of carbonyl (C=O) groups is 2. The predicted octanol–water partition coefficient (Wildman–Crippen LogP) is 9.62. The normalized spacial score (nSPS) is 14.2. The molecule has 66 heavy (non-hydrogen) atoms. The van der Waals surface area contributed by atoms with Crippen LogP contribution in [0.4, 0.5) is 17.1 Å². The molecule has 16 heteroatoms. The molecule has 1 aliphatic heterocycles. The van der Waals surface area contributed by atoms with E-state index in [-0.39, 0.29) is 23.3 Å². The van der Waals surface area contributed by atoms with Crippen LogP contribution in [0, 0.1) is 15.5 Å². The zero-order chi connectivity index (χ0) is 47.6. The van der Waals surface area contributed by atoms with Crippen molar-refractivity contribution in [2.24, 2.45) is 5.41 Å². The van der Waals surface area contributed by atoms with E-state index in [4.69, 9.17) is 16.3 Å². The molecule has 0 spiro atoms. The topological polar surface area (TPSA) is 154 Å². The van der Waals surface area contributed by atoms with Crippen LogP contribution < -0.4 is 14.9 Å². The van der Waals surface area contributed by atoms with Crippen LogP contribution in [0.2, 0.25) is 5.02 Å². The van der Waals surface area contributed by atoms with Crippen molar-refractivity contribution in [2.45, 2.75) is 68.5 Å². The van der Waals surface area contributed by atoms with Gasteiger partial charge in [-0.1, -0.05) is 66.2 Å². The Hall–Kier alpha value is -5.45. The van der Waals surface area contributed by atoms with Gasteiger partial charge in [0.05, 0.1) is 22.3 Å². The standard InChI is InChI=1S/C50H59ClN6O7S2/c1-49(2,48(59)64-6)35-50(3,4)54(5)27-26-40(34-65-42-13-8-7-9-14-42)52-45-25-24-43(32-46(45)57(60)61)66(62,63)53-47(58)37-18-22-41(23-19-37)56-30-28-55(29-31-56)33-38-12-10-11-15-44(38)36-16-20-39(51)21-17-36/h7-25,32,40,52H,26-31,33-35H2,1-6H3,(H,53,58)/t40-/m1/s1. The van der Waals surface area contributed by atoms with Crippen LogP contribution in [0.15, 0.2) is 131 Å². The summed E-state index contributed by atoms with van der Waals surface area (Å²) in [5.74, 6) is -0.592. The predicted molar refractivity (Wildman–Crippen MR) is 265 cm³/mol. The molecule has 0 aromatic heterocycles. The molecule has 350 valence electrons. The van der Waals surface area contributed by atoms with Crippen LogP contribution in [0.25, 0.3) is 11.1 Å². The van der Waals surface area contributed by atoms with E-state index in [1.807, 2.05) is 81.6 Å². The number of hydrogen-bond donors (Lipinski definition) is 2. The van der Waals surface area contributed by atoms with Crippen LogP contribution >= 0.6 is 23.4 Å². The van der Waals surface area contributed by atoms with E-state index in [1.54, 1.807) is 36.0 Å². The Morgan fingerprint density at radius 1 is 0.894 bits per heavy atom. The quantitative estimate of drug-likeness (QED) is 0.0331. The number of thioether (sulfide) groups is 1. The molecule has 0 unspecified atom stereocenters. The highest BCUT2D eigenvalue weighted by molar-refractivity contribution is 7.99. The van der Waals surface area contributed by atoms with Crippen LogP contribution in [0.3, 0.4) is 0 Å². The van der Waals surface area contributed by atoms with E-state index in [1.165, 1.54) is 30.4 Å². The second kappa shape index (κ2) is 21.9. The maximum Gasteiger partial charge on any atom is 0.311 e. The van der Waals surface area contributed by atoms with Crippen molar-refractivity contribution in [3.05, 3.63) is 148 Å². The summed E-state index contributed by atoms with van der Waals surface area (Å²) in [6.07, 6.45) is 1.10. The maximum absolute atomic E-state index is 13.6. The number of sulfonamides is 1. The first kappa shape index (κ1) is 50.0. The summed E-state index contributed by atoms with van der Waals surface area (Å²) in [4.78, 5) is 45.1. The van der Waals surface area contributed by atoms with Gasteiger partial charge < -0.3 is 19.9 Å². The summed E-state index contributed by atoms with van der Waals surface area (Å²) in [7, 11) is -1.14. The van der Waals surface area contributed by atoms with Crippen LogP contribution in [-0.4, -0.2) is 99.2 Å². The molecule has 6 rings (SSSR count). The summed E-state index contributed by atoms with van der Waals surface area (Å²) >= 11 is 7.73. The first-order valence-electron chi connectivity index (χ1n) is 21.9. The number of nitrogens with one attached hydrogen (secondary N) is 2. The van der Waals surface area contributed by atoms with Gasteiger partial charge in [-0.15, -0.1) is 11.8 Å². The highest BCUT2D eigenvalue weighted by Gasteiger charge is 2.38. The number of nitro benzene ring substituents is 1. The van der Waals surface area contributed by atoms with Gasteiger partial charge in [0.1, 0.15) is 5.69 Å². The van der Waals surface area contributed by atoms with Gasteiger partial charge in [-0.25, -0.2) is 13.1 Å². The van der Waals surface area contributed by atoms with Crippen molar-refractivity contribution in [2.75, 3.05) is 62.9 Å². The van der Waals surface area contributed by atoms with E-state index in [2.05, 4.69) is 56.8 Å². The zero-order valence-corrected chi connectivity index (χ0v) is 40.7. The molecule has 5 aromatic rings. The van der Waals surface area contributed by atoms with Crippen LogP contribution in [0.5, 0.6) is 0 Å². The van der Waals surface area contributed by atoms with Crippen LogP contribution in [0.1, 0.15) is 56.5 Å². The first-order valence-corrected chi connectivity index (χ1v) is 24.7. The zero-order valence-electron chi connectivity index (χ0n) is 38.3. The number of nitro groups is 1. The Morgan fingerprint density at radius 2 is 1.55 bits per heavy atom. The van der Waals surface area contributed by atoms with Gasteiger partial charge in [-0.2, -0.15) is 0 Å². The molecule has 1 aliphatic rings. The molecule has 0 bridgehead atoms. The third kappa shape index (κ3) is 13.1. The van der Waals surface area contributed by atoms with Gasteiger partial charge in [-0.3, -0.25) is 24.6 Å². The lowest BCUT2D eigenvalue weighted by molar-refractivity contribution is -0.384. The van der Waals surface area contributed by atoms with Crippen molar-refractivity contribution in [3.63, 3.8) is 0 Å². The Labute approximate surface area is 398 Å². The third-order valence-corrected chi connectivity index (χ3v) is 14.9. The van der Waals surface area contributed by atoms with E-state index in [9.17, 15) is 28.1 Å². The minimum Gasteiger partial charge on any atom is -0.469 e. The molecular weight excluding hydrogens is 896 g/mol. The molecule has 5 aromatic carbocycles. The summed E-state index contributed by atoms with van der Waals surface area (Å²) in [5, 5.41) is 16.5. The molecule has 13 nitrogen and oxygen atoms in total. The molecule has 0 radical (unpaired) electrons. The number of hydrogen-bond acceptors (Lipinski definition) is 12. The van der Waals surface area contributed by atoms with Crippen LogP contribution in [-0.2, 0) is 26.1 Å². The number of carbonyl (C=O) groups excluding carboxylic acids is 2. The number of esters is 1. The van der Waals surface area contributed by atoms with Gasteiger partial charge in [-0.05, 0) is 125 Å². The lowest BCUT2D eigenvalue weighted by Crippen LogP contribution is -2.47. The summed E-state index contributed by atoms with van der Waals surface area (Å²) in [6.45, 7) is 12.4. The van der Waals surface area contributed by atoms with E-state index >= 15 is 0 Å². The summed E-state index contributed by atoms with van der Waals surface area (Å²) < 4.78 is 34.3. The van der Waals surface area contributed by atoms with Crippen molar-refractivity contribution in [1.82, 2.24) is 14.5 Å². The average Bonchev–Trinajstić information content (AvgIpc) is 3.30. The molecule has 2 N–H and O–H groups in total. The Morgan fingerprint density at radius 3 is 2.20 bits per heavy atom. The number of ether oxygens (including phenoxy) is 1. The van der Waals surface area contributed by atoms with E-state index in [0.717, 1.165) is 54.9 Å². The van der Waals surface area contributed by atoms with Crippen molar-refractivity contribution in [3.8, 4) is 11.1 Å². The van der Waals surface area contributed by atoms with Gasteiger partial charge in [0.15, 0.2) is 0 Å². The smallest absolute Gasteiger partial charge is 0.311 e. The number of anilines is 2. The van der Waals surface area contributed by atoms with Gasteiger partial charge in [0.25, 0.3) is 21.6 Å². The molecule has 1 heterocycles. The minimum atomic E-state index is -4.50. The Kier molecular flexibility index (Phi) is 16.6. The third-order valence-electron chi connectivity index (χ3n) is 12.1. The lowest BCUT2D eigenvalue weighted by atomic mass is 9.79. The number of methoxy groups -OCH3 is 1. The Balaban J connectivity index is 1.08. The fourth-order valence-corrected chi connectivity index (χ4v) is 10.5. The molecular formula is C50H59ClN6O7S2. The maximum atomic E-state index is 13.6. The van der Waals surface area contributed by atoms with E-state index in [0.29, 0.717) is 30.2 Å². The molecule has 0 aliphatic carbocycles. The summed E-state index contributed by atoms with van der Waals surface area (Å²) in [5.41, 5.74) is 3.17. The molecule has 0 saturated carbocycles. The second-order valence-electron chi connectivity index (χ2n) is 17.9. The van der Waals surface area contributed by atoms with E-state index < -0.39 is 42.4 Å². The average molecular weight is 956 g/mol. The monoisotopic (exact) mass is 954 g/mol. The highest BCUT2D eigenvalue weighted by Crippen LogP contribution is 2.34. The second-order valence-corrected chi connectivity index (χ2v) is 21.1. The van der Waals surface area contributed by atoms with Crippen molar-refractivity contribution >= 4 is 62.3 Å². The molecule has 1 saturated heterocycles. The minimum absolute atomic E-state index is 0.133. The first-order chi connectivity index (χ1) is 31.3. The van der Waals surface area contributed by atoms with Gasteiger partial charge >= 0.3 is 5.97 Å². The summed E-state index contributed by atoms with van der Waals surface area (Å²) in [6, 6.07) is 36.1. The number of halogens is 1. The number of amides is 1. The lowest BCUT2D eigenvalue weighted by Gasteiger charge is -2.41. The molecule has 1 amide bonds. The fraction of sp³-hybridized carbons (Fsp3) is 0.360. The SMILES string of the molecule is COC(=O)C(C)(C)CC(C)(C)N(C)CC[C@H](CSc1ccccc1)Nc1ccc(S(=O)(=O)NC(=O)c2ccc(N3CCN(Cc4ccccc4-c4ccc(Cl)cc4)CC3)cc2)cc1[N+](=O)[O-]. The molecule has 1 fully saturated rings. The fourth-order valence-electron chi connectivity index (χ4n) is 8.34. The van der Waals surface area contributed by atoms with Crippen molar-refractivity contribution in [1.29, 1.82) is 0 Å². The van der Waals surface area contributed by atoms with Gasteiger partial charge in [0.2, 0.25) is 0 Å². The van der Waals surface area contributed by atoms with Crippen molar-refractivity contribution < 1.29 is 27.7 Å². The molecule has 1 atom stereocenters. The number of rotatable bonds is 20. The number of benzene rings is 5. The highest BCUT2D eigenvalue weighted by atomic mass is 35.5. The Bertz CT molecular complexity index is 2570. The number of nitrogens with zero attached hydrogens (tertiary/aromatic N) is 4. The largest absolute Gasteiger partial charge is 0.469 e. The van der Waals surface area contributed by atoms with Gasteiger partial charge in [0, 0.05) is 83.8 Å².